The fourth-order valence-electron chi connectivity index (χ4n) is 3.89. The Balaban J connectivity index is 1.33. The average Bonchev–Trinajstić information content (AvgIpc) is 3.05. The highest BCUT2D eigenvalue weighted by molar-refractivity contribution is 5.92. The number of amides is 1. The van der Waals surface area contributed by atoms with Crippen LogP contribution in [0.15, 0.2) is 42.6 Å². The molecule has 4 rings (SSSR count). The molecule has 2 aromatic heterocycles. The number of rotatable bonds is 3. The largest absolute Gasteiger partial charge is 0.373 e. The molecule has 4 heterocycles. The van der Waals surface area contributed by atoms with Crippen molar-refractivity contribution in [1.29, 1.82) is 0 Å². The Morgan fingerprint density at radius 2 is 2.08 bits per heavy atom. The number of aryl methyl sites for hydroxylation is 1. The van der Waals surface area contributed by atoms with Crippen LogP contribution in [0.2, 0.25) is 0 Å². The van der Waals surface area contributed by atoms with Crippen LogP contribution in [-0.4, -0.2) is 47.2 Å². The molecule has 2 saturated heterocycles. The molecule has 1 N–H and O–H groups in total. The maximum absolute atomic E-state index is 12.3. The fraction of sp³-hybridized carbons (Fsp3) is 0.450. The highest BCUT2D eigenvalue weighted by Crippen LogP contribution is 2.37. The summed E-state index contributed by atoms with van der Waals surface area (Å²) in [7, 11) is 0. The van der Waals surface area contributed by atoms with E-state index in [0.717, 1.165) is 43.9 Å². The third-order valence-electron chi connectivity index (χ3n) is 5.31. The molecule has 136 valence electrons. The van der Waals surface area contributed by atoms with Gasteiger partial charge in [0.25, 0.3) is 5.91 Å². The quantitative estimate of drug-likeness (QED) is 0.918. The van der Waals surface area contributed by atoms with Crippen LogP contribution in [0, 0.1) is 6.92 Å². The average molecular weight is 352 g/mol. The van der Waals surface area contributed by atoms with Crippen molar-refractivity contribution >= 4 is 11.7 Å². The van der Waals surface area contributed by atoms with Crippen LogP contribution in [0.5, 0.6) is 0 Å². The number of nitrogens with zero attached hydrogens (tertiary/aromatic N) is 3. The van der Waals surface area contributed by atoms with Gasteiger partial charge in [-0.2, -0.15) is 0 Å². The second-order valence-corrected chi connectivity index (χ2v) is 7.21. The van der Waals surface area contributed by atoms with E-state index in [-0.39, 0.29) is 17.6 Å². The lowest BCUT2D eigenvalue weighted by Crippen LogP contribution is -2.45. The van der Waals surface area contributed by atoms with E-state index in [9.17, 15) is 4.79 Å². The zero-order valence-corrected chi connectivity index (χ0v) is 15.0. The summed E-state index contributed by atoms with van der Waals surface area (Å²) in [6.45, 7) is 4.44. The van der Waals surface area contributed by atoms with Crippen molar-refractivity contribution in [1.82, 2.24) is 15.3 Å². The van der Waals surface area contributed by atoms with Gasteiger partial charge >= 0.3 is 0 Å². The van der Waals surface area contributed by atoms with Gasteiger partial charge in [-0.25, -0.2) is 4.98 Å². The minimum Gasteiger partial charge on any atom is -0.373 e. The molecule has 0 aromatic carbocycles. The minimum atomic E-state index is -0.127. The Morgan fingerprint density at radius 3 is 2.81 bits per heavy atom. The highest BCUT2D eigenvalue weighted by atomic mass is 16.5. The SMILES string of the molecule is Cc1cccc(N2CCC3(CC2)C[C@@H](NC(=O)c2ccccn2)CO3)n1. The molecular formula is C20H24N4O2. The van der Waals surface area contributed by atoms with Crippen LogP contribution in [0.25, 0.3) is 0 Å². The van der Waals surface area contributed by atoms with Crippen molar-refractivity contribution in [2.75, 3.05) is 24.6 Å². The van der Waals surface area contributed by atoms with E-state index in [1.54, 1.807) is 18.3 Å². The van der Waals surface area contributed by atoms with Gasteiger partial charge in [-0.15, -0.1) is 0 Å². The first-order valence-electron chi connectivity index (χ1n) is 9.18. The monoisotopic (exact) mass is 352 g/mol. The van der Waals surface area contributed by atoms with Crippen LogP contribution < -0.4 is 10.2 Å². The predicted molar refractivity (Wildman–Crippen MR) is 99.2 cm³/mol. The van der Waals surface area contributed by atoms with Crippen molar-refractivity contribution < 1.29 is 9.53 Å². The highest BCUT2D eigenvalue weighted by Gasteiger charge is 2.43. The predicted octanol–water partition coefficient (Wildman–Crippen LogP) is 2.34. The van der Waals surface area contributed by atoms with E-state index in [4.69, 9.17) is 4.74 Å². The first kappa shape index (κ1) is 17.0. The molecule has 0 aliphatic carbocycles. The summed E-state index contributed by atoms with van der Waals surface area (Å²) in [5, 5.41) is 3.06. The van der Waals surface area contributed by atoms with Crippen molar-refractivity contribution in [2.24, 2.45) is 0 Å². The zero-order valence-electron chi connectivity index (χ0n) is 15.0. The molecule has 0 bridgehead atoms. The molecule has 0 radical (unpaired) electrons. The number of nitrogens with one attached hydrogen (secondary N) is 1. The van der Waals surface area contributed by atoms with E-state index >= 15 is 0 Å². The van der Waals surface area contributed by atoms with Gasteiger partial charge in [0.2, 0.25) is 0 Å². The third-order valence-corrected chi connectivity index (χ3v) is 5.31. The summed E-state index contributed by atoms with van der Waals surface area (Å²) >= 11 is 0. The van der Waals surface area contributed by atoms with Crippen molar-refractivity contribution in [2.45, 2.75) is 37.8 Å². The van der Waals surface area contributed by atoms with Gasteiger partial charge in [0.15, 0.2) is 0 Å². The lowest BCUT2D eigenvalue weighted by molar-refractivity contribution is -0.0150. The van der Waals surface area contributed by atoms with Gasteiger partial charge in [0, 0.05) is 25.0 Å². The van der Waals surface area contributed by atoms with Crippen LogP contribution in [-0.2, 0) is 4.74 Å². The Bertz CT molecular complexity index is 772. The molecule has 1 atom stereocenters. The normalized spacial score (nSPS) is 21.7. The first-order chi connectivity index (χ1) is 12.6. The molecule has 6 nitrogen and oxygen atoms in total. The Hall–Kier alpha value is -2.47. The molecule has 1 amide bonds. The van der Waals surface area contributed by atoms with Gasteiger partial charge in [0.1, 0.15) is 11.5 Å². The van der Waals surface area contributed by atoms with Crippen LogP contribution in [0.3, 0.4) is 0 Å². The van der Waals surface area contributed by atoms with Gasteiger partial charge < -0.3 is 15.0 Å². The molecule has 2 fully saturated rings. The lowest BCUT2D eigenvalue weighted by atomic mass is 9.87. The number of ether oxygens (including phenoxy) is 1. The lowest BCUT2D eigenvalue weighted by Gasteiger charge is -2.39. The van der Waals surface area contributed by atoms with Crippen molar-refractivity contribution in [3.63, 3.8) is 0 Å². The number of hydrogen-bond donors (Lipinski definition) is 1. The van der Waals surface area contributed by atoms with Gasteiger partial charge in [-0.05, 0) is 50.5 Å². The molecule has 2 aliphatic rings. The third kappa shape index (κ3) is 3.55. The zero-order chi connectivity index (χ0) is 18.0. The summed E-state index contributed by atoms with van der Waals surface area (Å²) in [5.41, 5.74) is 1.37. The van der Waals surface area contributed by atoms with E-state index in [1.165, 1.54) is 0 Å². The van der Waals surface area contributed by atoms with Crippen molar-refractivity contribution in [3.8, 4) is 0 Å². The number of pyridine rings is 2. The number of aromatic nitrogens is 2. The smallest absolute Gasteiger partial charge is 0.270 e. The van der Waals surface area contributed by atoms with Gasteiger partial charge in [0.05, 0.1) is 18.2 Å². The number of piperidine rings is 1. The molecule has 6 heteroatoms. The molecule has 0 saturated carbocycles. The summed E-state index contributed by atoms with van der Waals surface area (Å²) in [6.07, 6.45) is 4.41. The number of carbonyl (C=O) groups excluding carboxylic acids is 1. The van der Waals surface area contributed by atoms with Crippen LogP contribution in [0.4, 0.5) is 5.82 Å². The van der Waals surface area contributed by atoms with Crippen molar-refractivity contribution in [3.05, 3.63) is 54.0 Å². The van der Waals surface area contributed by atoms with Gasteiger partial charge in [-0.3, -0.25) is 9.78 Å². The number of carbonyl (C=O) groups is 1. The molecule has 0 unspecified atom stereocenters. The fourth-order valence-corrected chi connectivity index (χ4v) is 3.89. The molecule has 2 aromatic rings. The maximum Gasteiger partial charge on any atom is 0.270 e. The van der Waals surface area contributed by atoms with E-state index in [2.05, 4.69) is 32.3 Å². The summed E-state index contributed by atoms with van der Waals surface area (Å²) in [6, 6.07) is 11.5. The standard InChI is InChI=1S/C20H24N4O2/c1-15-5-4-7-18(22-15)24-11-8-20(9-12-24)13-16(14-26-20)23-19(25)17-6-2-3-10-21-17/h2-7,10,16H,8-9,11-14H2,1H3,(H,23,25)/t16-/m1/s1. The summed E-state index contributed by atoms with van der Waals surface area (Å²) in [4.78, 5) is 23.3. The molecule has 1 spiro atoms. The summed E-state index contributed by atoms with van der Waals surface area (Å²) in [5.74, 6) is 0.912. The minimum absolute atomic E-state index is 0.0492. The second kappa shape index (κ2) is 7.03. The molecular weight excluding hydrogens is 328 g/mol. The van der Waals surface area contributed by atoms with Crippen LogP contribution >= 0.6 is 0 Å². The van der Waals surface area contributed by atoms with Crippen LogP contribution in [0.1, 0.15) is 35.4 Å². The Morgan fingerprint density at radius 1 is 1.23 bits per heavy atom. The second-order valence-electron chi connectivity index (χ2n) is 7.21. The first-order valence-corrected chi connectivity index (χ1v) is 9.18. The Kier molecular flexibility index (Phi) is 4.59. The maximum atomic E-state index is 12.3. The van der Waals surface area contributed by atoms with E-state index < -0.39 is 0 Å². The number of anilines is 1. The van der Waals surface area contributed by atoms with Gasteiger partial charge in [-0.1, -0.05) is 12.1 Å². The molecule has 2 aliphatic heterocycles. The van der Waals surface area contributed by atoms with E-state index in [0.29, 0.717) is 12.3 Å². The van der Waals surface area contributed by atoms with E-state index in [1.807, 2.05) is 19.1 Å². The summed E-state index contributed by atoms with van der Waals surface area (Å²) < 4.78 is 6.16. The Labute approximate surface area is 153 Å². The molecule has 26 heavy (non-hydrogen) atoms. The number of hydrogen-bond acceptors (Lipinski definition) is 5. The topological polar surface area (TPSA) is 67.4 Å².